The summed E-state index contributed by atoms with van der Waals surface area (Å²) in [7, 11) is 0. The van der Waals surface area contributed by atoms with Gasteiger partial charge >= 0.3 is 0 Å². The Morgan fingerprint density at radius 1 is 1.10 bits per heavy atom. The highest BCUT2D eigenvalue weighted by Crippen LogP contribution is 2.67. The van der Waals surface area contributed by atoms with Crippen molar-refractivity contribution in [3.05, 3.63) is 57.9 Å². The highest BCUT2D eigenvalue weighted by atomic mass is 16.3. The Kier molecular flexibility index (Phi) is 5.09. The van der Waals surface area contributed by atoms with Gasteiger partial charge in [0.15, 0.2) is 5.76 Å². The quantitative estimate of drug-likeness (QED) is 0.500. The van der Waals surface area contributed by atoms with Gasteiger partial charge in [-0.3, -0.25) is 4.79 Å². The molecule has 0 amide bonds. The summed E-state index contributed by atoms with van der Waals surface area (Å²) in [6, 6.07) is 0. The molecule has 4 aliphatic rings. The van der Waals surface area contributed by atoms with Gasteiger partial charge in [0, 0.05) is 16.4 Å². The van der Waals surface area contributed by atoms with Gasteiger partial charge in [0.1, 0.15) is 0 Å². The first-order valence-corrected chi connectivity index (χ1v) is 11.8. The lowest BCUT2D eigenvalue weighted by Gasteiger charge is -2.63. The number of allylic oxidation sites excluding steroid dienone is 8. The molecule has 2 saturated carbocycles. The topological polar surface area (TPSA) is 57.5 Å². The Morgan fingerprint density at radius 2 is 1.81 bits per heavy atom. The van der Waals surface area contributed by atoms with Gasteiger partial charge < -0.3 is 10.2 Å². The fourth-order valence-electron chi connectivity index (χ4n) is 6.99. The van der Waals surface area contributed by atoms with Gasteiger partial charge in [0.05, 0.1) is 5.60 Å². The Hall–Kier alpha value is -1.87. The van der Waals surface area contributed by atoms with E-state index < -0.39 is 5.60 Å². The molecule has 0 aromatic heterocycles. The van der Waals surface area contributed by atoms with Crippen LogP contribution in [0.15, 0.2) is 57.9 Å². The number of hydrogen-bond acceptors (Lipinski definition) is 3. The Labute approximate surface area is 187 Å². The highest BCUT2D eigenvalue weighted by molar-refractivity contribution is 6.06. The Morgan fingerprint density at radius 3 is 2.48 bits per heavy atom. The number of rotatable bonds is 3. The van der Waals surface area contributed by atoms with Crippen LogP contribution in [0.5, 0.6) is 0 Å². The maximum atomic E-state index is 12.4. The fourth-order valence-corrected chi connectivity index (χ4v) is 6.99. The predicted octanol–water partition coefficient (Wildman–Crippen LogP) is 6.67. The van der Waals surface area contributed by atoms with Crippen LogP contribution in [0.25, 0.3) is 0 Å². The molecule has 3 heteroatoms. The van der Waals surface area contributed by atoms with Crippen LogP contribution in [0.3, 0.4) is 0 Å². The second-order valence-corrected chi connectivity index (χ2v) is 11.6. The molecular formula is C28H38O3. The van der Waals surface area contributed by atoms with Crippen molar-refractivity contribution in [2.75, 3.05) is 0 Å². The van der Waals surface area contributed by atoms with Crippen molar-refractivity contribution in [1.29, 1.82) is 0 Å². The zero-order valence-corrected chi connectivity index (χ0v) is 20.1. The largest absolute Gasteiger partial charge is 0.504 e. The number of carbonyl (C=O) groups is 1. The van der Waals surface area contributed by atoms with E-state index in [0.29, 0.717) is 5.57 Å². The van der Waals surface area contributed by atoms with Gasteiger partial charge in [-0.05, 0) is 93.9 Å². The van der Waals surface area contributed by atoms with Crippen LogP contribution in [-0.4, -0.2) is 21.6 Å². The first kappa shape index (κ1) is 22.3. The highest BCUT2D eigenvalue weighted by Gasteiger charge is 2.62. The number of hydrogen-bond donors (Lipinski definition) is 2. The average molecular weight is 423 g/mol. The van der Waals surface area contributed by atoms with Crippen molar-refractivity contribution >= 4 is 5.78 Å². The van der Waals surface area contributed by atoms with Crippen LogP contribution in [0, 0.1) is 16.2 Å². The minimum absolute atomic E-state index is 0.153. The summed E-state index contributed by atoms with van der Waals surface area (Å²) in [5.41, 5.74) is 3.83. The summed E-state index contributed by atoms with van der Waals surface area (Å²) in [6.07, 6.45) is 15.0. The van der Waals surface area contributed by atoms with Crippen molar-refractivity contribution < 1.29 is 15.0 Å². The summed E-state index contributed by atoms with van der Waals surface area (Å²) in [5.74, 6) is -0.470. The van der Waals surface area contributed by atoms with E-state index in [1.165, 1.54) is 5.57 Å². The third-order valence-electron chi connectivity index (χ3n) is 8.99. The normalized spacial score (nSPS) is 39.6. The molecule has 0 saturated heterocycles. The van der Waals surface area contributed by atoms with E-state index >= 15 is 0 Å². The van der Waals surface area contributed by atoms with Crippen molar-refractivity contribution in [3.63, 3.8) is 0 Å². The van der Waals surface area contributed by atoms with Crippen LogP contribution >= 0.6 is 0 Å². The van der Waals surface area contributed by atoms with Gasteiger partial charge in [-0.25, -0.2) is 0 Å². The van der Waals surface area contributed by atoms with E-state index in [4.69, 9.17) is 0 Å². The molecule has 4 atom stereocenters. The van der Waals surface area contributed by atoms with E-state index in [1.54, 1.807) is 6.08 Å². The van der Waals surface area contributed by atoms with Crippen molar-refractivity contribution in [1.82, 2.24) is 0 Å². The van der Waals surface area contributed by atoms with Gasteiger partial charge in [-0.15, -0.1) is 0 Å². The number of carbonyl (C=O) groups excluding carboxylic acids is 1. The maximum Gasteiger partial charge on any atom is 0.220 e. The average Bonchev–Trinajstić information content (AvgIpc) is 2.68. The zero-order valence-electron chi connectivity index (χ0n) is 20.1. The zero-order chi connectivity index (χ0) is 22.8. The van der Waals surface area contributed by atoms with Gasteiger partial charge in [-0.2, -0.15) is 0 Å². The third kappa shape index (κ3) is 3.23. The first-order valence-electron chi connectivity index (χ1n) is 11.8. The maximum absolute atomic E-state index is 12.4. The van der Waals surface area contributed by atoms with Crippen LogP contribution in [0.1, 0.15) is 86.5 Å². The van der Waals surface area contributed by atoms with Crippen molar-refractivity contribution in [2.45, 2.75) is 92.1 Å². The monoisotopic (exact) mass is 422 g/mol. The molecule has 0 unspecified atom stereocenters. The molecule has 0 aromatic carbocycles. The molecule has 0 radical (unpaired) electrons. The predicted molar refractivity (Wildman–Crippen MR) is 126 cm³/mol. The minimum atomic E-state index is -0.862. The second kappa shape index (κ2) is 7.07. The standard InChI is InChI=1S/C28H38O3/c1-18(2)8-7-11-25(4)12-15-28(31)23-10-9-20-19(3)24(30)22(29)16-21(20)27(23,6)14-13-26(28,5)17-25/h8-10,16,30-31H,7,11-15,17H2,1-6H3/t25-,26+,27+,28+/m1/s1. The molecular weight excluding hydrogens is 384 g/mol. The molecule has 0 heterocycles. The lowest BCUT2D eigenvalue weighted by atomic mass is 9.43. The van der Waals surface area contributed by atoms with E-state index in [0.717, 1.165) is 61.7 Å². The molecule has 4 rings (SSSR count). The van der Waals surface area contributed by atoms with Crippen molar-refractivity contribution in [2.24, 2.45) is 16.2 Å². The fraction of sp³-hybridized carbons (Fsp3) is 0.607. The number of fused-ring (bicyclic) bond motifs is 5. The Balaban J connectivity index is 1.71. The lowest BCUT2D eigenvalue weighted by Crippen LogP contribution is -2.60. The summed E-state index contributed by atoms with van der Waals surface area (Å²) in [5, 5.41) is 22.4. The smallest absolute Gasteiger partial charge is 0.220 e. The van der Waals surface area contributed by atoms with Crippen molar-refractivity contribution in [3.8, 4) is 0 Å². The second-order valence-electron chi connectivity index (χ2n) is 11.6. The summed E-state index contributed by atoms with van der Waals surface area (Å²) in [4.78, 5) is 12.4. The van der Waals surface area contributed by atoms with Crippen LogP contribution in [-0.2, 0) is 4.79 Å². The van der Waals surface area contributed by atoms with E-state index in [2.05, 4.69) is 46.8 Å². The van der Waals surface area contributed by atoms with E-state index in [1.807, 2.05) is 13.0 Å². The SMILES string of the molecule is CC(C)=CCC[C@]1(C)CC[C@]2(O)C3=CC=C4C(=CC(=O)C(O)=C4C)[C@]3(C)CC[C@@]2(C)C1. The minimum Gasteiger partial charge on any atom is -0.504 e. The molecule has 168 valence electrons. The van der Waals surface area contributed by atoms with E-state index in [-0.39, 0.29) is 27.8 Å². The summed E-state index contributed by atoms with van der Waals surface area (Å²) < 4.78 is 0. The molecule has 0 spiro atoms. The molecule has 2 N–H and O–H groups in total. The van der Waals surface area contributed by atoms with Gasteiger partial charge in [0.2, 0.25) is 5.78 Å². The number of aliphatic hydroxyl groups is 2. The van der Waals surface area contributed by atoms with Crippen LogP contribution in [0.2, 0.25) is 0 Å². The first-order chi connectivity index (χ1) is 14.4. The molecule has 0 bridgehead atoms. The van der Waals surface area contributed by atoms with E-state index in [9.17, 15) is 15.0 Å². The van der Waals surface area contributed by atoms with Gasteiger partial charge in [0.25, 0.3) is 0 Å². The molecule has 4 aliphatic carbocycles. The molecule has 31 heavy (non-hydrogen) atoms. The third-order valence-corrected chi connectivity index (χ3v) is 8.99. The Bertz CT molecular complexity index is 986. The van der Waals surface area contributed by atoms with Gasteiger partial charge in [-0.1, -0.05) is 44.6 Å². The molecule has 0 aromatic rings. The molecule has 3 nitrogen and oxygen atoms in total. The number of ketones is 1. The number of aliphatic hydroxyl groups excluding tert-OH is 1. The summed E-state index contributed by atoms with van der Waals surface area (Å²) >= 11 is 0. The van der Waals surface area contributed by atoms with Crippen LogP contribution < -0.4 is 0 Å². The lowest BCUT2D eigenvalue weighted by molar-refractivity contribution is -0.144. The van der Waals surface area contributed by atoms with Crippen LogP contribution in [0.4, 0.5) is 0 Å². The molecule has 2 fully saturated rings. The molecule has 0 aliphatic heterocycles. The summed E-state index contributed by atoms with van der Waals surface area (Å²) in [6.45, 7) is 13.0.